The molecule has 0 radical (unpaired) electrons. The van der Waals surface area contributed by atoms with Gasteiger partial charge in [0.15, 0.2) is 0 Å². The fourth-order valence-electron chi connectivity index (χ4n) is 4.87. The Morgan fingerprint density at radius 2 is 0.709 bits per heavy atom. The van der Waals surface area contributed by atoms with Crippen LogP contribution in [0.5, 0.6) is 0 Å². The van der Waals surface area contributed by atoms with Crippen molar-refractivity contribution < 1.29 is 64.2 Å². The van der Waals surface area contributed by atoms with E-state index < -0.39 is 101 Å². The smallest absolute Gasteiger partial charge is 0.281 e. The summed E-state index contributed by atoms with van der Waals surface area (Å²) in [5, 5.41) is -11.9. The van der Waals surface area contributed by atoms with Crippen LogP contribution in [0.15, 0.2) is 159 Å². The third-order valence-corrected chi connectivity index (χ3v) is 17.4. The van der Waals surface area contributed by atoms with Gasteiger partial charge in [-0.3, -0.25) is 4.55 Å². The summed E-state index contributed by atoms with van der Waals surface area (Å²) in [7, 11) is -24.9. The summed E-state index contributed by atoms with van der Waals surface area (Å²) in [5.41, 5.74) is 1.39. The van der Waals surface area contributed by atoms with E-state index in [-0.39, 0.29) is 14.7 Å². The highest BCUT2D eigenvalue weighted by Gasteiger charge is 2.66. The highest BCUT2D eigenvalue weighted by Crippen LogP contribution is 2.51. The lowest BCUT2D eigenvalue weighted by Gasteiger charge is -2.24. The number of sulfone groups is 4. The Kier molecular flexibility index (Phi) is 11.0. The van der Waals surface area contributed by atoms with Crippen LogP contribution in [0.25, 0.3) is 0 Å². The molecule has 5 aromatic carbocycles. The van der Waals surface area contributed by atoms with E-state index in [0.717, 1.165) is 66.2 Å². The first-order chi connectivity index (χ1) is 25.2. The van der Waals surface area contributed by atoms with E-state index in [2.05, 4.69) is 0 Å². The quantitative estimate of drug-likeness (QED) is 0.0785. The van der Waals surface area contributed by atoms with Gasteiger partial charge in [0, 0.05) is 4.90 Å². The molecule has 0 aromatic heterocycles. The van der Waals surface area contributed by atoms with Gasteiger partial charge in [-0.2, -0.15) is 26.0 Å². The molecule has 0 heterocycles. The maximum absolute atomic E-state index is 14.9. The van der Waals surface area contributed by atoms with Crippen LogP contribution in [0.2, 0.25) is 0 Å². The van der Waals surface area contributed by atoms with E-state index in [1.54, 1.807) is 26.0 Å². The van der Waals surface area contributed by atoms with Crippen LogP contribution < -0.4 is 0 Å². The SMILES string of the molecule is Cc1ccc(S(=O)(=O)c2ccc(S(=O)(=O)c3ccc(S(=O)(=O)c4ccc(S(=O)(=O)c5ccc(C)cc5)c(SC(F)(F)C(F)(F)S(=O)(=O)O)c4)cc3)cc2)cc1. The number of rotatable bonds is 12. The minimum absolute atomic E-state index is 0.0245. The minimum Gasteiger partial charge on any atom is -0.281 e. The monoisotopic (exact) mass is 878 g/mol. The Morgan fingerprint density at radius 3 is 1.04 bits per heavy atom. The first-order valence-electron chi connectivity index (χ1n) is 15.1. The summed E-state index contributed by atoms with van der Waals surface area (Å²) in [4.78, 5) is -5.60. The molecule has 0 spiro atoms. The van der Waals surface area contributed by atoms with Gasteiger partial charge in [0.1, 0.15) is 0 Å². The summed E-state index contributed by atoms with van der Waals surface area (Å²) in [6.07, 6.45) is 0. The first-order valence-corrected chi connectivity index (χ1v) is 23.3. The first kappa shape index (κ1) is 42.0. The van der Waals surface area contributed by atoms with E-state index in [1.807, 2.05) is 0 Å². The maximum atomic E-state index is 14.9. The molecule has 0 bridgehead atoms. The van der Waals surface area contributed by atoms with E-state index >= 15 is 0 Å². The van der Waals surface area contributed by atoms with E-state index in [9.17, 15) is 59.7 Å². The van der Waals surface area contributed by atoms with Crippen molar-refractivity contribution in [2.75, 3.05) is 0 Å². The number of halogens is 4. The zero-order valence-electron chi connectivity index (χ0n) is 28.0. The predicted molar refractivity (Wildman–Crippen MR) is 191 cm³/mol. The number of thioether (sulfide) groups is 1. The maximum Gasteiger partial charge on any atom is 0.442 e. The molecule has 55 heavy (non-hydrogen) atoms. The molecule has 5 rings (SSSR count). The third-order valence-electron chi connectivity index (χ3n) is 7.97. The zero-order valence-corrected chi connectivity index (χ0v) is 32.9. The van der Waals surface area contributed by atoms with Crippen LogP contribution >= 0.6 is 11.8 Å². The van der Waals surface area contributed by atoms with Gasteiger partial charge < -0.3 is 0 Å². The average Bonchev–Trinajstić information content (AvgIpc) is 3.11. The molecule has 0 unspecified atom stereocenters. The second-order valence-corrected chi connectivity index (χ2v) is 22.2. The average molecular weight is 879 g/mol. The standard InChI is InChI=1S/C34H26F4O11S6/c1-22-3-7-24(8-4-22)51(39,40)25-11-13-26(14-12-25)52(41,42)27-15-17-28(18-16-27)53(43,44)30-19-20-32(54(45,46)29-9-5-23(2)6-10-29)31(21-30)50-33(35,36)34(37,38)55(47,48)49/h3-21H,1-2H3,(H,47,48,49). The van der Waals surface area contributed by atoms with Gasteiger partial charge in [-0.1, -0.05) is 35.4 Å². The number of benzene rings is 5. The van der Waals surface area contributed by atoms with E-state index in [4.69, 9.17) is 4.55 Å². The Hall–Kier alpha value is -4.12. The van der Waals surface area contributed by atoms with Crippen molar-refractivity contribution in [3.05, 3.63) is 126 Å². The van der Waals surface area contributed by atoms with Crippen LogP contribution in [0.4, 0.5) is 17.6 Å². The molecule has 0 atom stereocenters. The molecule has 21 heteroatoms. The number of aryl methyl sites for hydroxylation is 2. The Bertz CT molecular complexity index is 2850. The molecule has 0 aliphatic carbocycles. The molecule has 0 aliphatic rings. The van der Waals surface area contributed by atoms with Crippen LogP contribution in [0.3, 0.4) is 0 Å². The van der Waals surface area contributed by atoms with E-state index in [1.165, 1.54) is 24.3 Å². The number of hydrogen-bond acceptors (Lipinski definition) is 11. The summed E-state index contributed by atoms with van der Waals surface area (Å²) >= 11 is -1.32. The van der Waals surface area contributed by atoms with Crippen LogP contribution in [-0.2, 0) is 49.5 Å². The molecular formula is C34H26F4O11S6. The second kappa shape index (κ2) is 14.4. The third kappa shape index (κ3) is 7.96. The Labute approximate surface area is 318 Å². The normalized spacial score (nSPS) is 13.4. The number of hydrogen-bond donors (Lipinski definition) is 1. The molecule has 0 aliphatic heterocycles. The second-order valence-electron chi connectivity index (χ2n) is 11.8. The van der Waals surface area contributed by atoms with E-state index in [0.29, 0.717) is 23.8 Å². The van der Waals surface area contributed by atoms with Crippen molar-refractivity contribution in [2.45, 2.75) is 68.4 Å². The molecule has 0 fully saturated rings. The molecule has 11 nitrogen and oxygen atoms in total. The lowest BCUT2D eigenvalue weighted by Crippen LogP contribution is -2.44. The van der Waals surface area contributed by atoms with Crippen molar-refractivity contribution in [3.63, 3.8) is 0 Å². The van der Waals surface area contributed by atoms with Gasteiger partial charge in [0.2, 0.25) is 39.3 Å². The molecule has 0 saturated heterocycles. The van der Waals surface area contributed by atoms with Crippen LogP contribution in [0, 0.1) is 13.8 Å². The van der Waals surface area contributed by atoms with Crippen molar-refractivity contribution in [1.29, 1.82) is 0 Å². The van der Waals surface area contributed by atoms with Gasteiger partial charge >= 0.3 is 20.6 Å². The lowest BCUT2D eigenvalue weighted by atomic mass is 10.2. The Morgan fingerprint density at radius 1 is 0.436 bits per heavy atom. The molecule has 292 valence electrons. The lowest BCUT2D eigenvalue weighted by molar-refractivity contribution is -0.0947. The van der Waals surface area contributed by atoms with Gasteiger partial charge in [-0.15, -0.1) is 0 Å². The van der Waals surface area contributed by atoms with Crippen molar-refractivity contribution in [1.82, 2.24) is 0 Å². The molecule has 0 amide bonds. The van der Waals surface area contributed by atoms with Crippen LogP contribution in [-0.4, -0.2) is 57.2 Å². The molecule has 5 aromatic rings. The summed E-state index contributed by atoms with van der Waals surface area (Å²) < 4.78 is 196. The zero-order chi connectivity index (χ0) is 41.0. The fourth-order valence-corrected chi connectivity index (χ4v) is 12.0. The predicted octanol–water partition coefficient (Wildman–Crippen LogP) is 6.80. The Balaban J connectivity index is 1.52. The van der Waals surface area contributed by atoms with Gasteiger partial charge in [0.05, 0.1) is 39.2 Å². The minimum atomic E-state index is -6.77. The summed E-state index contributed by atoms with van der Waals surface area (Å²) in [6, 6.07) is 19.8. The van der Waals surface area contributed by atoms with Crippen molar-refractivity contribution in [2.24, 2.45) is 0 Å². The highest BCUT2D eigenvalue weighted by atomic mass is 32.2. The largest absolute Gasteiger partial charge is 0.442 e. The van der Waals surface area contributed by atoms with Gasteiger partial charge in [-0.25, -0.2) is 33.7 Å². The summed E-state index contributed by atoms with van der Waals surface area (Å²) in [6.45, 7) is 3.36. The topological polar surface area (TPSA) is 191 Å². The highest BCUT2D eigenvalue weighted by molar-refractivity contribution is 8.02. The van der Waals surface area contributed by atoms with Crippen LogP contribution in [0.1, 0.15) is 11.1 Å². The van der Waals surface area contributed by atoms with Gasteiger partial charge in [-0.05, 0) is 117 Å². The molecule has 0 saturated carbocycles. The van der Waals surface area contributed by atoms with Crippen molar-refractivity contribution >= 4 is 61.2 Å². The van der Waals surface area contributed by atoms with Crippen molar-refractivity contribution in [3.8, 4) is 0 Å². The summed E-state index contributed by atoms with van der Waals surface area (Å²) in [5.74, 6) is 0. The number of alkyl halides is 4. The molecular weight excluding hydrogens is 853 g/mol. The molecule has 1 N–H and O–H groups in total. The van der Waals surface area contributed by atoms with Gasteiger partial charge in [0.25, 0.3) is 0 Å². The fraction of sp³-hybridized carbons (Fsp3) is 0.118.